The summed E-state index contributed by atoms with van der Waals surface area (Å²) in [7, 11) is 1.60. The topological polar surface area (TPSA) is 41.5 Å². The van der Waals surface area contributed by atoms with Gasteiger partial charge in [-0.15, -0.1) is 0 Å². The summed E-state index contributed by atoms with van der Waals surface area (Å²) in [4.78, 5) is 0. The maximum Gasteiger partial charge on any atom is 0.137 e. The molecule has 1 aromatic rings. The summed E-state index contributed by atoms with van der Waals surface area (Å²) in [5.41, 5.74) is 1.11. The fourth-order valence-electron chi connectivity index (χ4n) is 1.53. The Morgan fingerprint density at radius 2 is 2.24 bits per heavy atom. The van der Waals surface area contributed by atoms with Crippen molar-refractivity contribution in [3.63, 3.8) is 0 Å². The van der Waals surface area contributed by atoms with Gasteiger partial charge in [0.1, 0.15) is 5.75 Å². The number of benzene rings is 1. The van der Waals surface area contributed by atoms with E-state index < -0.39 is 0 Å². The van der Waals surface area contributed by atoms with Gasteiger partial charge in [0.15, 0.2) is 0 Å². The fraction of sp³-hybridized carbons (Fsp3) is 0.538. The van der Waals surface area contributed by atoms with Gasteiger partial charge in [-0.25, -0.2) is 0 Å². The number of hydrogen-bond donors (Lipinski definition) is 2. The van der Waals surface area contributed by atoms with Crippen LogP contribution >= 0.6 is 11.6 Å². The van der Waals surface area contributed by atoms with E-state index in [1.54, 1.807) is 7.11 Å². The van der Waals surface area contributed by atoms with Crippen molar-refractivity contribution in [3.8, 4) is 5.75 Å². The van der Waals surface area contributed by atoms with Crippen LogP contribution in [0, 0.1) is 0 Å². The van der Waals surface area contributed by atoms with Crippen molar-refractivity contribution in [2.75, 3.05) is 13.7 Å². The number of ether oxygens (including phenoxy) is 1. The minimum atomic E-state index is -0.207. The number of aliphatic hydroxyl groups excluding tert-OH is 1. The Labute approximate surface area is 108 Å². The number of hydrogen-bond acceptors (Lipinski definition) is 3. The van der Waals surface area contributed by atoms with Crippen molar-refractivity contribution < 1.29 is 9.84 Å². The molecule has 1 rings (SSSR count). The van der Waals surface area contributed by atoms with Crippen molar-refractivity contribution in [2.24, 2.45) is 0 Å². The van der Waals surface area contributed by atoms with Crippen LogP contribution < -0.4 is 10.1 Å². The summed E-state index contributed by atoms with van der Waals surface area (Å²) in [5, 5.41) is 13.3. The molecule has 1 atom stereocenters. The molecule has 0 radical (unpaired) electrons. The van der Waals surface area contributed by atoms with E-state index in [9.17, 15) is 5.11 Å². The predicted octanol–water partition coefficient (Wildman–Crippen LogP) is 2.60. The number of aliphatic hydroxyl groups is 1. The minimum absolute atomic E-state index is 0.207. The minimum Gasteiger partial charge on any atom is -0.495 e. The maximum absolute atomic E-state index is 9.39. The largest absolute Gasteiger partial charge is 0.495 e. The molecule has 0 heterocycles. The number of methoxy groups -OCH3 is 1. The monoisotopic (exact) mass is 257 g/mol. The predicted molar refractivity (Wildman–Crippen MR) is 70.6 cm³/mol. The van der Waals surface area contributed by atoms with Gasteiger partial charge in [-0.2, -0.15) is 0 Å². The van der Waals surface area contributed by atoms with Crippen LogP contribution in [0.4, 0.5) is 0 Å². The summed E-state index contributed by atoms with van der Waals surface area (Å²) in [5.74, 6) is 0.692. The molecule has 0 saturated heterocycles. The van der Waals surface area contributed by atoms with Crippen molar-refractivity contribution in [1.82, 2.24) is 5.32 Å². The summed E-state index contributed by atoms with van der Waals surface area (Å²) in [6, 6.07) is 5.73. The Kier molecular flexibility index (Phi) is 6.34. The van der Waals surface area contributed by atoms with Gasteiger partial charge in [0.2, 0.25) is 0 Å². The lowest BCUT2D eigenvalue weighted by molar-refractivity contribution is 0.159. The summed E-state index contributed by atoms with van der Waals surface area (Å²) in [6.07, 6.45) is 1.37. The zero-order chi connectivity index (χ0) is 12.7. The summed E-state index contributed by atoms with van der Waals surface area (Å²) in [6.45, 7) is 3.53. The molecule has 0 aliphatic carbocycles. The van der Waals surface area contributed by atoms with Crippen LogP contribution in [0.1, 0.15) is 25.3 Å². The van der Waals surface area contributed by atoms with E-state index in [0.717, 1.165) is 31.5 Å². The van der Waals surface area contributed by atoms with Gasteiger partial charge in [-0.05, 0) is 37.1 Å². The normalized spacial score (nSPS) is 12.5. The van der Waals surface area contributed by atoms with Gasteiger partial charge in [0.05, 0.1) is 18.2 Å². The molecule has 0 aromatic heterocycles. The first-order valence-corrected chi connectivity index (χ1v) is 6.26. The van der Waals surface area contributed by atoms with Gasteiger partial charge >= 0.3 is 0 Å². The Bertz CT molecular complexity index is 344. The van der Waals surface area contributed by atoms with E-state index in [0.29, 0.717) is 10.8 Å². The van der Waals surface area contributed by atoms with Crippen molar-refractivity contribution >= 4 is 11.6 Å². The van der Waals surface area contributed by atoms with Crippen LogP contribution in [0.15, 0.2) is 18.2 Å². The Balaban J connectivity index is 2.34. The van der Waals surface area contributed by atoms with E-state index >= 15 is 0 Å². The summed E-state index contributed by atoms with van der Waals surface area (Å²) < 4.78 is 5.09. The van der Waals surface area contributed by atoms with Crippen LogP contribution in [0.25, 0.3) is 0 Å². The summed E-state index contributed by atoms with van der Waals surface area (Å²) >= 11 is 6.02. The van der Waals surface area contributed by atoms with E-state index in [4.69, 9.17) is 16.3 Å². The molecule has 4 heteroatoms. The lowest BCUT2D eigenvalue weighted by Crippen LogP contribution is -2.19. The zero-order valence-corrected chi connectivity index (χ0v) is 11.1. The van der Waals surface area contributed by atoms with Crippen LogP contribution in [0.3, 0.4) is 0 Å². The smallest absolute Gasteiger partial charge is 0.137 e. The molecule has 1 aromatic carbocycles. The van der Waals surface area contributed by atoms with Crippen LogP contribution in [0.5, 0.6) is 5.75 Å². The first-order chi connectivity index (χ1) is 8.17. The highest BCUT2D eigenvalue weighted by Gasteiger charge is 2.02. The first kappa shape index (κ1) is 14.3. The SMILES string of the molecule is CCC(O)CCNCc1ccc(OC)c(Cl)c1. The molecule has 1 unspecified atom stereocenters. The fourth-order valence-corrected chi connectivity index (χ4v) is 1.81. The molecule has 3 nitrogen and oxygen atoms in total. The highest BCUT2D eigenvalue weighted by Crippen LogP contribution is 2.24. The van der Waals surface area contributed by atoms with Crippen molar-refractivity contribution in [1.29, 1.82) is 0 Å². The molecule has 2 N–H and O–H groups in total. The number of nitrogens with one attached hydrogen (secondary N) is 1. The van der Waals surface area contributed by atoms with Crippen molar-refractivity contribution in [3.05, 3.63) is 28.8 Å². The standard InChI is InChI=1S/C13H20ClNO2/c1-3-11(16)6-7-15-9-10-4-5-13(17-2)12(14)8-10/h4-5,8,11,15-16H,3,6-7,9H2,1-2H3. The van der Waals surface area contributed by atoms with Gasteiger partial charge < -0.3 is 15.2 Å². The van der Waals surface area contributed by atoms with Gasteiger partial charge in [0.25, 0.3) is 0 Å². The second kappa shape index (κ2) is 7.54. The average molecular weight is 258 g/mol. The molecule has 0 aliphatic heterocycles. The second-order valence-corrected chi connectivity index (χ2v) is 4.40. The molecule has 96 valence electrons. The van der Waals surface area contributed by atoms with Gasteiger partial charge in [-0.3, -0.25) is 0 Å². The highest BCUT2D eigenvalue weighted by atomic mass is 35.5. The molecule has 17 heavy (non-hydrogen) atoms. The average Bonchev–Trinajstić information content (AvgIpc) is 2.34. The molecule has 0 aliphatic rings. The Morgan fingerprint density at radius 1 is 1.47 bits per heavy atom. The molecule has 0 fully saturated rings. The van der Waals surface area contributed by atoms with E-state index in [2.05, 4.69) is 5.32 Å². The lowest BCUT2D eigenvalue weighted by atomic mass is 10.2. The number of rotatable bonds is 7. The molecule has 0 saturated carbocycles. The van der Waals surface area contributed by atoms with Gasteiger partial charge in [-0.1, -0.05) is 24.6 Å². The third-order valence-corrected chi connectivity index (χ3v) is 2.97. The molecule has 0 bridgehead atoms. The maximum atomic E-state index is 9.39. The van der Waals surface area contributed by atoms with Gasteiger partial charge in [0, 0.05) is 6.54 Å². The molecular weight excluding hydrogens is 238 g/mol. The zero-order valence-electron chi connectivity index (χ0n) is 10.4. The molecule has 0 spiro atoms. The van der Waals surface area contributed by atoms with Crippen molar-refractivity contribution in [2.45, 2.75) is 32.4 Å². The quantitative estimate of drug-likeness (QED) is 0.738. The van der Waals surface area contributed by atoms with Crippen LogP contribution in [0.2, 0.25) is 5.02 Å². The Hall–Kier alpha value is -0.770. The van der Waals surface area contributed by atoms with Crippen LogP contribution in [-0.4, -0.2) is 24.9 Å². The molecular formula is C13H20ClNO2. The number of halogens is 1. The van der Waals surface area contributed by atoms with E-state index in [1.165, 1.54) is 0 Å². The second-order valence-electron chi connectivity index (χ2n) is 4.00. The first-order valence-electron chi connectivity index (χ1n) is 5.88. The third-order valence-electron chi connectivity index (χ3n) is 2.67. The lowest BCUT2D eigenvalue weighted by Gasteiger charge is -2.09. The van der Waals surface area contributed by atoms with E-state index in [-0.39, 0.29) is 6.10 Å². The van der Waals surface area contributed by atoms with E-state index in [1.807, 2.05) is 25.1 Å². The highest BCUT2D eigenvalue weighted by molar-refractivity contribution is 6.32. The third kappa shape index (κ3) is 4.94. The van der Waals surface area contributed by atoms with Crippen LogP contribution in [-0.2, 0) is 6.54 Å². The Morgan fingerprint density at radius 3 is 2.82 bits per heavy atom. The molecule has 0 amide bonds.